The number of nitrogens with two attached hydrogens (primary N) is 1. The Labute approximate surface area is 157 Å². The van der Waals surface area contributed by atoms with Crippen LogP contribution in [0.3, 0.4) is 0 Å². The van der Waals surface area contributed by atoms with E-state index in [9.17, 15) is 13.2 Å². The van der Waals surface area contributed by atoms with Crippen molar-refractivity contribution in [3.8, 4) is 0 Å². The Morgan fingerprint density at radius 1 is 1.15 bits per heavy atom. The molecule has 0 aliphatic heterocycles. The zero-order valence-electron chi connectivity index (χ0n) is 15.6. The van der Waals surface area contributed by atoms with Crippen LogP contribution in [0, 0.1) is 5.92 Å². The number of amides is 1. The number of nitrogens with zero attached hydrogens (tertiary/aromatic N) is 1. The SMILES string of the molecule is CC1CCC(NS(=O)(=O)CC(=O)N(CCN)CCc2ccccc2)CC1. The zero-order valence-corrected chi connectivity index (χ0v) is 16.4. The summed E-state index contributed by atoms with van der Waals surface area (Å²) in [5.74, 6) is -0.244. The topological polar surface area (TPSA) is 92.5 Å². The van der Waals surface area contributed by atoms with Crippen LogP contribution in [-0.4, -0.2) is 50.7 Å². The maximum Gasteiger partial charge on any atom is 0.239 e. The molecule has 1 fully saturated rings. The summed E-state index contributed by atoms with van der Waals surface area (Å²) in [4.78, 5) is 14.1. The number of sulfonamides is 1. The van der Waals surface area contributed by atoms with E-state index in [1.807, 2.05) is 30.3 Å². The minimum absolute atomic E-state index is 0.0451. The second-order valence-electron chi connectivity index (χ2n) is 7.24. The number of nitrogens with one attached hydrogen (secondary N) is 1. The molecule has 0 aromatic heterocycles. The molecule has 0 saturated heterocycles. The van der Waals surface area contributed by atoms with Crippen molar-refractivity contribution in [3.05, 3.63) is 35.9 Å². The molecule has 1 aliphatic carbocycles. The van der Waals surface area contributed by atoms with Gasteiger partial charge in [-0.15, -0.1) is 0 Å². The third kappa shape index (κ3) is 7.05. The largest absolute Gasteiger partial charge is 0.340 e. The number of hydrogen-bond donors (Lipinski definition) is 2. The van der Waals surface area contributed by atoms with E-state index >= 15 is 0 Å². The van der Waals surface area contributed by atoms with E-state index in [1.165, 1.54) is 0 Å². The Hall–Kier alpha value is -1.44. The second-order valence-corrected chi connectivity index (χ2v) is 8.99. The molecule has 0 atom stereocenters. The maximum atomic E-state index is 12.5. The Bertz CT molecular complexity index is 656. The van der Waals surface area contributed by atoms with Crippen molar-refractivity contribution in [1.29, 1.82) is 0 Å². The van der Waals surface area contributed by atoms with Gasteiger partial charge >= 0.3 is 0 Å². The number of benzene rings is 1. The highest BCUT2D eigenvalue weighted by molar-refractivity contribution is 7.90. The molecule has 1 aromatic rings. The van der Waals surface area contributed by atoms with E-state index in [-0.39, 0.29) is 11.9 Å². The van der Waals surface area contributed by atoms with Gasteiger partial charge < -0.3 is 10.6 Å². The molecule has 146 valence electrons. The van der Waals surface area contributed by atoms with Gasteiger partial charge in [-0.3, -0.25) is 4.79 Å². The van der Waals surface area contributed by atoms with Gasteiger partial charge in [0, 0.05) is 25.7 Å². The van der Waals surface area contributed by atoms with Crippen LogP contribution in [0.4, 0.5) is 0 Å². The van der Waals surface area contributed by atoms with Gasteiger partial charge in [-0.1, -0.05) is 37.3 Å². The van der Waals surface area contributed by atoms with E-state index in [0.29, 0.717) is 32.0 Å². The van der Waals surface area contributed by atoms with Gasteiger partial charge in [-0.25, -0.2) is 13.1 Å². The molecule has 0 heterocycles. The van der Waals surface area contributed by atoms with E-state index < -0.39 is 15.8 Å². The summed E-state index contributed by atoms with van der Waals surface area (Å²) in [5, 5.41) is 0. The van der Waals surface area contributed by atoms with Crippen molar-refractivity contribution in [1.82, 2.24) is 9.62 Å². The van der Waals surface area contributed by atoms with Crippen molar-refractivity contribution in [2.45, 2.75) is 45.1 Å². The molecular weight excluding hydrogens is 350 g/mol. The molecule has 2 rings (SSSR count). The summed E-state index contributed by atoms with van der Waals surface area (Å²) in [6.45, 7) is 3.33. The van der Waals surface area contributed by atoms with Gasteiger partial charge in [-0.05, 0) is 43.6 Å². The lowest BCUT2D eigenvalue weighted by molar-refractivity contribution is -0.128. The van der Waals surface area contributed by atoms with Crippen LogP contribution in [0.25, 0.3) is 0 Å². The Morgan fingerprint density at radius 3 is 2.42 bits per heavy atom. The maximum absolute atomic E-state index is 12.5. The van der Waals surface area contributed by atoms with Gasteiger partial charge in [-0.2, -0.15) is 0 Å². The van der Waals surface area contributed by atoms with Crippen LogP contribution in [0.2, 0.25) is 0 Å². The second kappa shape index (κ2) is 10.0. The van der Waals surface area contributed by atoms with Crippen LogP contribution in [0.15, 0.2) is 30.3 Å². The summed E-state index contributed by atoms with van der Waals surface area (Å²) in [6.07, 6.45) is 4.42. The van der Waals surface area contributed by atoms with Crippen molar-refractivity contribution in [2.24, 2.45) is 11.7 Å². The third-order valence-electron chi connectivity index (χ3n) is 4.94. The van der Waals surface area contributed by atoms with E-state index in [2.05, 4.69) is 11.6 Å². The fourth-order valence-electron chi connectivity index (χ4n) is 3.35. The molecule has 1 aliphatic rings. The number of carbonyl (C=O) groups excluding carboxylic acids is 1. The molecule has 0 radical (unpaired) electrons. The predicted molar refractivity (Wildman–Crippen MR) is 104 cm³/mol. The highest BCUT2D eigenvalue weighted by atomic mass is 32.2. The third-order valence-corrected chi connectivity index (χ3v) is 6.26. The van der Waals surface area contributed by atoms with E-state index in [4.69, 9.17) is 5.73 Å². The summed E-state index contributed by atoms with van der Waals surface area (Å²) < 4.78 is 27.5. The average Bonchev–Trinajstić information content (AvgIpc) is 2.60. The van der Waals surface area contributed by atoms with E-state index in [0.717, 1.165) is 31.2 Å². The van der Waals surface area contributed by atoms with Crippen LogP contribution < -0.4 is 10.5 Å². The molecule has 7 heteroatoms. The molecule has 26 heavy (non-hydrogen) atoms. The van der Waals surface area contributed by atoms with Crippen LogP contribution in [0.1, 0.15) is 38.2 Å². The fourth-order valence-corrected chi connectivity index (χ4v) is 4.69. The quantitative estimate of drug-likeness (QED) is 0.678. The Kier molecular flexibility index (Phi) is 8.06. The first-order valence-corrected chi connectivity index (χ1v) is 11.1. The predicted octanol–water partition coefficient (Wildman–Crippen LogP) is 1.51. The molecular formula is C19H31N3O3S. The summed E-state index contributed by atoms with van der Waals surface area (Å²) >= 11 is 0. The van der Waals surface area contributed by atoms with Gasteiger partial charge in [0.05, 0.1) is 0 Å². The van der Waals surface area contributed by atoms with Crippen molar-refractivity contribution in [3.63, 3.8) is 0 Å². The van der Waals surface area contributed by atoms with Gasteiger partial charge in [0.1, 0.15) is 5.75 Å². The first-order valence-electron chi connectivity index (χ1n) is 9.41. The first-order chi connectivity index (χ1) is 12.4. The summed E-state index contributed by atoms with van der Waals surface area (Å²) in [6, 6.07) is 9.78. The average molecular weight is 382 g/mol. The number of hydrogen-bond acceptors (Lipinski definition) is 4. The van der Waals surface area contributed by atoms with Crippen LogP contribution in [0.5, 0.6) is 0 Å². The molecule has 0 spiro atoms. The molecule has 0 unspecified atom stereocenters. The van der Waals surface area contributed by atoms with Gasteiger partial charge in [0.25, 0.3) is 0 Å². The molecule has 1 saturated carbocycles. The highest BCUT2D eigenvalue weighted by Gasteiger charge is 2.26. The highest BCUT2D eigenvalue weighted by Crippen LogP contribution is 2.23. The summed E-state index contributed by atoms with van der Waals surface area (Å²) in [5.41, 5.74) is 6.71. The van der Waals surface area contributed by atoms with Crippen molar-refractivity contribution >= 4 is 15.9 Å². The van der Waals surface area contributed by atoms with E-state index in [1.54, 1.807) is 4.90 Å². The van der Waals surface area contributed by atoms with Crippen LogP contribution >= 0.6 is 0 Å². The van der Waals surface area contributed by atoms with Crippen LogP contribution in [-0.2, 0) is 21.2 Å². The summed E-state index contributed by atoms with van der Waals surface area (Å²) in [7, 11) is -3.63. The molecule has 1 aromatic carbocycles. The lowest BCUT2D eigenvalue weighted by atomic mass is 9.88. The van der Waals surface area contributed by atoms with Gasteiger partial charge in [0.2, 0.25) is 15.9 Å². The number of rotatable bonds is 9. The van der Waals surface area contributed by atoms with Gasteiger partial charge in [0.15, 0.2) is 0 Å². The lowest BCUT2D eigenvalue weighted by Crippen LogP contribution is -2.45. The van der Waals surface area contributed by atoms with Crippen molar-refractivity contribution < 1.29 is 13.2 Å². The molecule has 3 N–H and O–H groups in total. The fraction of sp³-hybridized carbons (Fsp3) is 0.632. The Balaban J connectivity index is 1.88. The monoisotopic (exact) mass is 381 g/mol. The normalized spacial score (nSPS) is 20.7. The molecule has 6 nitrogen and oxygen atoms in total. The standard InChI is InChI=1S/C19H31N3O3S/c1-16-7-9-18(10-8-16)21-26(24,25)15-19(23)22(14-12-20)13-11-17-5-3-2-4-6-17/h2-6,16,18,21H,7-15,20H2,1H3. The first kappa shape index (κ1) is 20.9. The molecule has 1 amide bonds. The minimum atomic E-state index is -3.63. The zero-order chi connectivity index (χ0) is 19.0. The number of carbonyl (C=O) groups is 1. The lowest BCUT2D eigenvalue weighted by Gasteiger charge is -2.27. The molecule has 0 bridgehead atoms. The Morgan fingerprint density at radius 2 is 1.81 bits per heavy atom. The van der Waals surface area contributed by atoms with Crippen molar-refractivity contribution in [2.75, 3.05) is 25.4 Å². The smallest absolute Gasteiger partial charge is 0.239 e. The minimum Gasteiger partial charge on any atom is -0.340 e.